The Kier molecular flexibility index (Phi) is 5.56. The number of imidazole rings is 1. The van der Waals surface area contributed by atoms with Crippen molar-refractivity contribution in [1.29, 1.82) is 0 Å². The van der Waals surface area contributed by atoms with E-state index < -0.39 is 0 Å². The van der Waals surface area contributed by atoms with E-state index in [1.165, 1.54) is 26.0 Å². The molecule has 5 heterocycles. The molecule has 1 N–H and O–H groups in total. The summed E-state index contributed by atoms with van der Waals surface area (Å²) in [5, 5.41) is 3.61. The molecule has 0 saturated carbocycles. The van der Waals surface area contributed by atoms with Crippen molar-refractivity contribution >= 4 is 11.2 Å². The van der Waals surface area contributed by atoms with Crippen molar-refractivity contribution < 1.29 is 13.9 Å². The van der Waals surface area contributed by atoms with Crippen LogP contribution in [0.5, 0.6) is 11.8 Å². The fourth-order valence-corrected chi connectivity index (χ4v) is 5.26. The van der Waals surface area contributed by atoms with E-state index >= 15 is 4.39 Å². The molecule has 2 aliphatic rings. The maximum Gasteiger partial charge on any atom is 0.318 e. The second-order valence-corrected chi connectivity index (χ2v) is 9.33. The molecule has 2 fully saturated rings. The van der Waals surface area contributed by atoms with Crippen LogP contribution < -0.4 is 14.8 Å². The monoisotopic (exact) mass is 474 g/mol. The molecule has 1 aromatic carbocycles. The van der Waals surface area contributed by atoms with E-state index in [4.69, 9.17) is 14.5 Å². The number of benzene rings is 1. The fraction of sp³-hybridized carbons (Fsp3) is 0.385. The lowest BCUT2D eigenvalue weighted by molar-refractivity contribution is 0.137. The first kappa shape index (κ1) is 21.9. The van der Waals surface area contributed by atoms with Crippen LogP contribution in [0.25, 0.3) is 22.6 Å². The highest BCUT2D eigenvalue weighted by molar-refractivity contribution is 5.79. The number of fused-ring (bicyclic) bond motifs is 3. The Bertz CT molecular complexity index is 1360. The Morgan fingerprint density at radius 3 is 2.66 bits per heavy atom. The van der Waals surface area contributed by atoms with Gasteiger partial charge in [-0.15, -0.1) is 0 Å². The third kappa shape index (κ3) is 4.20. The minimum atomic E-state index is -0.323. The molecule has 8 nitrogen and oxygen atoms in total. The first-order valence-electron chi connectivity index (χ1n) is 12.0. The van der Waals surface area contributed by atoms with E-state index in [1.807, 2.05) is 29.7 Å². The summed E-state index contributed by atoms with van der Waals surface area (Å²) in [7, 11) is 1.52. The predicted molar refractivity (Wildman–Crippen MR) is 129 cm³/mol. The Balaban J connectivity index is 1.33. The lowest BCUT2D eigenvalue weighted by atomic mass is 10.0. The molecule has 0 spiro atoms. The Hall–Kier alpha value is -3.59. The summed E-state index contributed by atoms with van der Waals surface area (Å²) in [6.45, 7) is 2.10. The number of hydrogen-bond acceptors (Lipinski definition) is 7. The number of halogens is 1. The normalized spacial score (nSPS) is 21.4. The van der Waals surface area contributed by atoms with Crippen molar-refractivity contribution in [2.75, 3.05) is 7.11 Å². The zero-order valence-corrected chi connectivity index (χ0v) is 19.7. The van der Waals surface area contributed by atoms with Gasteiger partial charge in [-0.05, 0) is 50.8 Å². The number of aromatic nitrogens is 5. The number of pyridine rings is 1. The highest BCUT2D eigenvalue weighted by atomic mass is 19.1. The second-order valence-electron chi connectivity index (χ2n) is 9.33. The van der Waals surface area contributed by atoms with E-state index in [-0.39, 0.29) is 24.5 Å². The molecule has 2 aliphatic heterocycles. The summed E-state index contributed by atoms with van der Waals surface area (Å²) in [6.07, 6.45) is 7.90. The Morgan fingerprint density at radius 2 is 1.94 bits per heavy atom. The van der Waals surface area contributed by atoms with E-state index in [2.05, 4.69) is 20.3 Å². The maximum atomic E-state index is 15.3. The third-order valence-electron chi connectivity index (χ3n) is 6.94. The van der Waals surface area contributed by atoms with Crippen molar-refractivity contribution in [1.82, 2.24) is 29.8 Å². The van der Waals surface area contributed by atoms with Crippen LogP contribution in [0.3, 0.4) is 0 Å². The SMILES string of the molecule is COc1nc(C)c2nc(-c3cccnc3)n(Cc3ccc(OC4C[C@H]5CC[C@@H](C4)N5)cc3F)c2n1. The molecule has 3 atom stereocenters. The van der Waals surface area contributed by atoms with Crippen LogP contribution in [0, 0.1) is 12.7 Å². The number of nitrogens with one attached hydrogen (secondary N) is 1. The van der Waals surface area contributed by atoms with Crippen LogP contribution in [0.1, 0.15) is 36.9 Å². The largest absolute Gasteiger partial charge is 0.490 e. The van der Waals surface area contributed by atoms with Gasteiger partial charge in [0, 0.05) is 41.7 Å². The summed E-state index contributed by atoms with van der Waals surface area (Å²) in [5.41, 5.74) is 3.24. The predicted octanol–water partition coefficient (Wildman–Crippen LogP) is 4.05. The van der Waals surface area contributed by atoms with E-state index in [0.717, 1.165) is 18.4 Å². The highest BCUT2D eigenvalue weighted by Crippen LogP contribution is 2.31. The molecule has 0 radical (unpaired) electrons. The van der Waals surface area contributed by atoms with Gasteiger partial charge in [0.25, 0.3) is 0 Å². The zero-order chi connectivity index (χ0) is 23.9. The van der Waals surface area contributed by atoms with Crippen LogP contribution in [-0.2, 0) is 6.54 Å². The average Bonchev–Trinajstić information content (AvgIpc) is 3.40. The van der Waals surface area contributed by atoms with E-state index in [1.54, 1.807) is 18.5 Å². The van der Waals surface area contributed by atoms with Gasteiger partial charge in [-0.3, -0.25) is 4.98 Å². The van der Waals surface area contributed by atoms with E-state index in [9.17, 15) is 0 Å². The number of ether oxygens (including phenoxy) is 2. The molecule has 2 saturated heterocycles. The van der Waals surface area contributed by atoms with Gasteiger partial charge in [0.15, 0.2) is 5.65 Å². The third-order valence-corrected chi connectivity index (χ3v) is 6.94. The lowest BCUT2D eigenvalue weighted by Crippen LogP contribution is -2.42. The van der Waals surface area contributed by atoms with Crippen LogP contribution >= 0.6 is 0 Å². The van der Waals surface area contributed by atoms with Crippen LogP contribution in [-0.4, -0.2) is 49.8 Å². The summed E-state index contributed by atoms with van der Waals surface area (Å²) >= 11 is 0. The topological polar surface area (TPSA) is 87.0 Å². The van der Waals surface area contributed by atoms with Crippen molar-refractivity contribution in [3.63, 3.8) is 0 Å². The molecule has 4 aromatic rings. The Morgan fingerprint density at radius 1 is 1.11 bits per heavy atom. The van der Waals surface area contributed by atoms with Gasteiger partial charge in [0.2, 0.25) is 0 Å². The molecule has 35 heavy (non-hydrogen) atoms. The molecule has 0 amide bonds. The van der Waals surface area contributed by atoms with Gasteiger partial charge in [0.1, 0.15) is 29.0 Å². The van der Waals surface area contributed by atoms with Crippen molar-refractivity contribution in [2.24, 2.45) is 0 Å². The van der Waals surface area contributed by atoms with Crippen LogP contribution in [0.4, 0.5) is 4.39 Å². The number of methoxy groups -OCH3 is 1. The molecule has 9 heteroatoms. The number of piperidine rings is 1. The number of hydrogen-bond donors (Lipinski definition) is 1. The summed E-state index contributed by atoms with van der Waals surface area (Å²) in [6, 6.07) is 10.2. The van der Waals surface area contributed by atoms with Gasteiger partial charge >= 0.3 is 6.01 Å². The average molecular weight is 475 g/mol. The summed E-state index contributed by atoms with van der Waals surface area (Å²) < 4.78 is 28.7. The van der Waals surface area contributed by atoms with Gasteiger partial charge < -0.3 is 19.4 Å². The number of nitrogens with zero attached hydrogens (tertiary/aromatic N) is 5. The molecular formula is C26H27FN6O2. The zero-order valence-electron chi connectivity index (χ0n) is 19.7. The molecule has 180 valence electrons. The first-order chi connectivity index (χ1) is 17.1. The second kappa shape index (κ2) is 8.88. The first-order valence-corrected chi connectivity index (χ1v) is 12.0. The van der Waals surface area contributed by atoms with Crippen molar-refractivity contribution in [3.8, 4) is 23.1 Å². The van der Waals surface area contributed by atoms with Gasteiger partial charge in [-0.25, -0.2) is 9.37 Å². The quantitative estimate of drug-likeness (QED) is 0.451. The van der Waals surface area contributed by atoms with Crippen LogP contribution in [0.2, 0.25) is 0 Å². The summed E-state index contributed by atoms with van der Waals surface area (Å²) in [4.78, 5) is 17.9. The molecule has 2 bridgehead atoms. The molecular weight excluding hydrogens is 447 g/mol. The van der Waals surface area contributed by atoms with Crippen molar-refractivity contribution in [3.05, 3.63) is 59.8 Å². The molecule has 3 aromatic heterocycles. The van der Waals surface area contributed by atoms with E-state index in [0.29, 0.717) is 46.1 Å². The molecule has 0 aliphatic carbocycles. The highest BCUT2D eigenvalue weighted by Gasteiger charge is 2.34. The standard InChI is InChI=1S/C26H27FN6O2/c1-15-23-25(32-26(29-15)34-2)33(24(31-23)16-4-3-9-28-13-16)14-17-5-8-20(12-22(17)27)35-21-10-18-6-7-19(11-21)30-18/h3-5,8-9,12-13,18-19,21,30H,6-7,10-11,14H2,1-2H3/t18-,19+,21?. The van der Waals surface area contributed by atoms with Crippen molar-refractivity contribution in [2.45, 2.75) is 57.3 Å². The van der Waals surface area contributed by atoms with Gasteiger partial charge in [0.05, 0.1) is 19.3 Å². The minimum absolute atomic E-state index is 0.126. The number of rotatable bonds is 6. The Labute approximate surface area is 202 Å². The van der Waals surface area contributed by atoms with Crippen LogP contribution in [0.15, 0.2) is 42.7 Å². The summed E-state index contributed by atoms with van der Waals surface area (Å²) in [5.74, 6) is 0.889. The lowest BCUT2D eigenvalue weighted by Gasteiger charge is -2.29. The minimum Gasteiger partial charge on any atom is -0.490 e. The number of aryl methyl sites for hydroxylation is 1. The maximum absolute atomic E-state index is 15.3. The van der Waals surface area contributed by atoms with Gasteiger partial charge in [-0.1, -0.05) is 6.07 Å². The van der Waals surface area contributed by atoms with Gasteiger partial charge in [-0.2, -0.15) is 9.97 Å². The fourth-order valence-electron chi connectivity index (χ4n) is 5.26. The molecule has 1 unspecified atom stereocenters. The smallest absolute Gasteiger partial charge is 0.318 e. The molecule has 6 rings (SSSR count).